The van der Waals surface area contributed by atoms with Crippen molar-refractivity contribution in [2.75, 3.05) is 0 Å². The highest BCUT2D eigenvalue weighted by Gasteiger charge is 2.17. The summed E-state index contributed by atoms with van der Waals surface area (Å²) in [4.78, 5) is 13.6. The van der Waals surface area contributed by atoms with Gasteiger partial charge in [0.15, 0.2) is 6.20 Å². The number of carbonyl (C=O) groups is 1. The maximum atomic E-state index is 12.3. The van der Waals surface area contributed by atoms with Gasteiger partial charge in [0.25, 0.3) is 0 Å². The van der Waals surface area contributed by atoms with Gasteiger partial charge in [0.1, 0.15) is 10.5 Å². The number of rotatable bonds is 4. The molecular formula is C21H22N2O3S. The number of alkyl carbamates (subject to hydrolysis) is 1. The number of ether oxygens (including phenoxy) is 1. The summed E-state index contributed by atoms with van der Waals surface area (Å²) in [5.74, 6) is 0. The molecular weight excluding hydrogens is 360 g/mol. The molecule has 0 bridgehead atoms. The summed E-state index contributed by atoms with van der Waals surface area (Å²) in [5.41, 5.74) is 2.10. The van der Waals surface area contributed by atoms with Crippen molar-refractivity contribution >= 4 is 17.4 Å². The Kier molecular flexibility index (Phi) is 5.46. The lowest BCUT2D eigenvalue weighted by atomic mass is 10.1. The van der Waals surface area contributed by atoms with Gasteiger partial charge in [-0.25, -0.2) is 4.79 Å². The first-order valence-corrected chi connectivity index (χ1v) is 9.48. The molecule has 0 aliphatic rings. The lowest BCUT2D eigenvalue weighted by Gasteiger charge is -2.19. The van der Waals surface area contributed by atoms with E-state index in [4.69, 9.17) is 4.74 Å². The topological polar surface area (TPSA) is 65.3 Å². The molecule has 0 saturated carbocycles. The minimum Gasteiger partial charge on any atom is -0.618 e. The molecule has 3 rings (SSSR count). The fourth-order valence-electron chi connectivity index (χ4n) is 2.56. The molecule has 3 aromatic rings. The van der Waals surface area contributed by atoms with Gasteiger partial charge in [0, 0.05) is 17.0 Å². The number of hydrogen-bond acceptors (Lipinski definition) is 4. The number of benzene rings is 1. The summed E-state index contributed by atoms with van der Waals surface area (Å²) in [5, 5.41) is 15.0. The molecule has 0 fully saturated rings. The third-order valence-corrected chi connectivity index (χ3v) is 4.85. The second-order valence-corrected chi connectivity index (χ2v) is 8.28. The first kappa shape index (κ1) is 18.9. The molecule has 140 valence electrons. The van der Waals surface area contributed by atoms with Gasteiger partial charge < -0.3 is 15.3 Å². The molecule has 0 radical (unpaired) electrons. The Morgan fingerprint density at radius 1 is 1.11 bits per heavy atom. The van der Waals surface area contributed by atoms with Crippen LogP contribution in [0.15, 0.2) is 60.8 Å². The van der Waals surface area contributed by atoms with E-state index in [0.717, 1.165) is 25.6 Å². The van der Waals surface area contributed by atoms with Gasteiger partial charge in [0.05, 0.1) is 6.54 Å². The van der Waals surface area contributed by atoms with Crippen LogP contribution in [0.1, 0.15) is 25.6 Å². The Balaban J connectivity index is 1.75. The first-order chi connectivity index (χ1) is 12.8. The minimum absolute atomic E-state index is 0.358. The Labute approximate surface area is 162 Å². The van der Waals surface area contributed by atoms with Crippen molar-refractivity contribution in [3.8, 4) is 21.7 Å². The molecule has 6 heteroatoms. The van der Waals surface area contributed by atoms with Crippen LogP contribution in [0.5, 0.6) is 0 Å². The quantitative estimate of drug-likeness (QED) is 0.523. The van der Waals surface area contributed by atoms with E-state index in [2.05, 4.69) is 5.32 Å². The lowest BCUT2D eigenvalue weighted by Crippen LogP contribution is -2.31. The van der Waals surface area contributed by atoms with Gasteiger partial charge in [-0.15, -0.1) is 11.3 Å². The molecule has 2 heterocycles. The fraction of sp³-hybridized carbons (Fsp3) is 0.238. The lowest BCUT2D eigenvalue weighted by molar-refractivity contribution is -0.593. The van der Waals surface area contributed by atoms with E-state index >= 15 is 0 Å². The van der Waals surface area contributed by atoms with E-state index < -0.39 is 11.7 Å². The highest BCUT2D eigenvalue weighted by molar-refractivity contribution is 7.15. The second-order valence-electron chi connectivity index (χ2n) is 7.11. The van der Waals surface area contributed by atoms with Gasteiger partial charge in [-0.3, -0.25) is 0 Å². The van der Waals surface area contributed by atoms with Crippen molar-refractivity contribution in [3.05, 3.63) is 70.9 Å². The predicted octanol–water partition coefficient (Wildman–Crippen LogP) is 4.74. The summed E-state index contributed by atoms with van der Waals surface area (Å²) in [6.45, 7) is 5.82. The highest BCUT2D eigenvalue weighted by Crippen LogP contribution is 2.29. The van der Waals surface area contributed by atoms with Crippen LogP contribution in [0.2, 0.25) is 0 Å². The van der Waals surface area contributed by atoms with Crippen LogP contribution in [-0.2, 0) is 11.3 Å². The van der Waals surface area contributed by atoms with Crippen molar-refractivity contribution in [1.29, 1.82) is 0 Å². The fourth-order valence-corrected chi connectivity index (χ4v) is 3.51. The molecule has 0 unspecified atom stereocenters. The van der Waals surface area contributed by atoms with Crippen LogP contribution >= 0.6 is 11.3 Å². The van der Waals surface area contributed by atoms with Gasteiger partial charge in [-0.1, -0.05) is 30.3 Å². The van der Waals surface area contributed by atoms with E-state index in [-0.39, 0.29) is 0 Å². The van der Waals surface area contributed by atoms with Crippen molar-refractivity contribution < 1.29 is 14.3 Å². The zero-order chi connectivity index (χ0) is 19.4. The average molecular weight is 382 g/mol. The monoisotopic (exact) mass is 382 g/mol. The SMILES string of the molecule is CC(C)(C)OC(=O)NCc1ccc(-c2cc(-c3ccccc3)cc[n+]2[O-])s1. The molecule has 1 aromatic carbocycles. The Bertz CT molecular complexity index is 930. The molecule has 0 atom stereocenters. The van der Waals surface area contributed by atoms with Crippen LogP contribution in [0, 0.1) is 5.21 Å². The number of aromatic nitrogens is 1. The van der Waals surface area contributed by atoms with Crippen molar-refractivity contribution in [3.63, 3.8) is 0 Å². The third kappa shape index (κ3) is 5.08. The van der Waals surface area contributed by atoms with Gasteiger partial charge in [-0.2, -0.15) is 4.73 Å². The van der Waals surface area contributed by atoms with Crippen LogP contribution in [0.4, 0.5) is 4.79 Å². The van der Waals surface area contributed by atoms with Crippen LogP contribution in [0.3, 0.4) is 0 Å². The zero-order valence-electron chi connectivity index (χ0n) is 15.6. The van der Waals surface area contributed by atoms with E-state index in [1.54, 1.807) is 0 Å². The highest BCUT2D eigenvalue weighted by atomic mass is 32.1. The summed E-state index contributed by atoms with van der Waals surface area (Å²) in [6.07, 6.45) is 1.07. The summed E-state index contributed by atoms with van der Waals surface area (Å²) in [7, 11) is 0. The summed E-state index contributed by atoms with van der Waals surface area (Å²) < 4.78 is 6.10. The van der Waals surface area contributed by atoms with E-state index in [1.807, 2.05) is 75.4 Å². The minimum atomic E-state index is -0.531. The molecule has 0 saturated heterocycles. The summed E-state index contributed by atoms with van der Waals surface area (Å²) >= 11 is 1.47. The molecule has 0 aliphatic heterocycles. The van der Waals surface area contributed by atoms with E-state index in [9.17, 15) is 10.0 Å². The summed E-state index contributed by atoms with van der Waals surface area (Å²) in [6, 6.07) is 17.4. The molecule has 0 aliphatic carbocycles. The van der Waals surface area contributed by atoms with E-state index in [0.29, 0.717) is 12.2 Å². The maximum absolute atomic E-state index is 12.3. The largest absolute Gasteiger partial charge is 0.618 e. The van der Waals surface area contributed by atoms with Crippen molar-refractivity contribution in [2.24, 2.45) is 0 Å². The Hall–Kier alpha value is -2.86. The number of nitrogens with one attached hydrogen (secondary N) is 1. The number of thiophene rings is 1. The second kappa shape index (κ2) is 7.80. The Morgan fingerprint density at radius 2 is 1.85 bits per heavy atom. The molecule has 27 heavy (non-hydrogen) atoms. The van der Waals surface area contributed by atoms with Crippen LogP contribution in [-0.4, -0.2) is 11.7 Å². The molecule has 0 spiro atoms. The van der Waals surface area contributed by atoms with Gasteiger partial charge in [-0.05, 0) is 44.0 Å². The van der Waals surface area contributed by atoms with Crippen molar-refractivity contribution in [2.45, 2.75) is 32.9 Å². The zero-order valence-corrected chi connectivity index (χ0v) is 16.4. The smallest absolute Gasteiger partial charge is 0.407 e. The number of amides is 1. The average Bonchev–Trinajstić information content (AvgIpc) is 3.08. The third-order valence-electron chi connectivity index (χ3n) is 3.75. The van der Waals surface area contributed by atoms with Crippen molar-refractivity contribution in [1.82, 2.24) is 5.32 Å². The first-order valence-electron chi connectivity index (χ1n) is 8.66. The van der Waals surface area contributed by atoms with Gasteiger partial charge in [0.2, 0.25) is 5.69 Å². The number of pyridine rings is 1. The maximum Gasteiger partial charge on any atom is 0.407 e. The Morgan fingerprint density at radius 3 is 2.56 bits per heavy atom. The van der Waals surface area contributed by atoms with Crippen LogP contribution < -0.4 is 10.0 Å². The molecule has 2 aromatic heterocycles. The molecule has 1 amide bonds. The number of carbonyl (C=O) groups excluding carboxylic acids is 1. The predicted molar refractivity (Wildman–Crippen MR) is 107 cm³/mol. The van der Waals surface area contributed by atoms with Crippen LogP contribution in [0.25, 0.3) is 21.7 Å². The van der Waals surface area contributed by atoms with E-state index in [1.165, 1.54) is 17.5 Å². The molecule has 5 nitrogen and oxygen atoms in total. The number of nitrogens with zero attached hydrogens (tertiary/aromatic N) is 1. The standard InChI is InChI=1S/C21H22N2O3S/c1-21(2,3)26-20(24)22-14-17-9-10-19(27-17)18-13-16(11-12-23(18)25)15-7-5-4-6-8-15/h4-13H,14H2,1-3H3,(H,22,24). The van der Waals surface area contributed by atoms with Gasteiger partial charge >= 0.3 is 6.09 Å². The number of hydrogen-bond donors (Lipinski definition) is 1. The molecule has 1 N–H and O–H groups in total. The normalized spacial score (nSPS) is 11.2.